The van der Waals surface area contributed by atoms with Crippen LogP contribution in [0.4, 0.5) is 0 Å². The van der Waals surface area contributed by atoms with Gasteiger partial charge in [0.1, 0.15) is 0 Å². The molecular weight excluding hydrogens is 268 g/mol. The van der Waals surface area contributed by atoms with Crippen molar-refractivity contribution in [1.29, 1.82) is 0 Å². The lowest BCUT2D eigenvalue weighted by molar-refractivity contribution is 0.0685. The van der Waals surface area contributed by atoms with E-state index in [1.165, 1.54) is 6.07 Å². The van der Waals surface area contributed by atoms with Gasteiger partial charge in [-0.3, -0.25) is 0 Å². The van der Waals surface area contributed by atoms with Crippen LogP contribution >= 0.6 is 11.6 Å². The fourth-order valence-electron chi connectivity index (χ4n) is 1.99. The average molecular weight is 277 g/mol. The predicted molar refractivity (Wildman–Crippen MR) is 69.5 cm³/mol. The molecule has 0 unspecified atom stereocenters. The smallest absolute Gasteiger partial charge is 0.358 e. The van der Waals surface area contributed by atoms with Crippen LogP contribution in [0.5, 0.6) is 0 Å². The van der Waals surface area contributed by atoms with Gasteiger partial charge in [0.15, 0.2) is 11.5 Å². The largest absolute Gasteiger partial charge is 0.476 e. The Morgan fingerprint density at radius 2 is 2.21 bits per heavy atom. The van der Waals surface area contributed by atoms with Gasteiger partial charge in [-0.05, 0) is 6.07 Å². The standard InChI is InChI=1S/C13H9ClN2O3/c14-10-7-16(12-4-2-1-3-9(10)12)6-8-5-11(13(17)18)15-19-8/h1-5,7H,6H2,(H,17,18). The van der Waals surface area contributed by atoms with E-state index in [1.54, 1.807) is 6.20 Å². The van der Waals surface area contributed by atoms with E-state index in [9.17, 15) is 4.79 Å². The van der Waals surface area contributed by atoms with Gasteiger partial charge in [0, 0.05) is 23.2 Å². The zero-order valence-corrected chi connectivity index (χ0v) is 10.5. The molecule has 0 radical (unpaired) electrons. The van der Waals surface area contributed by atoms with E-state index in [2.05, 4.69) is 5.16 Å². The Morgan fingerprint density at radius 3 is 2.95 bits per heavy atom. The van der Waals surface area contributed by atoms with Crippen molar-refractivity contribution >= 4 is 28.5 Å². The zero-order valence-electron chi connectivity index (χ0n) is 9.71. The molecule has 2 aromatic heterocycles. The number of carboxylic acids is 1. The fourth-order valence-corrected chi connectivity index (χ4v) is 2.27. The summed E-state index contributed by atoms with van der Waals surface area (Å²) in [6, 6.07) is 9.10. The first kappa shape index (κ1) is 11.8. The second-order valence-electron chi connectivity index (χ2n) is 4.11. The van der Waals surface area contributed by atoms with E-state index >= 15 is 0 Å². The first-order valence-electron chi connectivity index (χ1n) is 5.57. The molecule has 19 heavy (non-hydrogen) atoms. The van der Waals surface area contributed by atoms with Crippen LogP contribution in [0, 0.1) is 0 Å². The van der Waals surface area contributed by atoms with Crippen LogP contribution < -0.4 is 0 Å². The van der Waals surface area contributed by atoms with Crippen molar-refractivity contribution in [3.8, 4) is 0 Å². The van der Waals surface area contributed by atoms with Crippen molar-refractivity contribution < 1.29 is 14.4 Å². The number of benzene rings is 1. The highest BCUT2D eigenvalue weighted by molar-refractivity contribution is 6.35. The van der Waals surface area contributed by atoms with Gasteiger partial charge >= 0.3 is 5.97 Å². The number of nitrogens with zero attached hydrogens (tertiary/aromatic N) is 2. The van der Waals surface area contributed by atoms with Gasteiger partial charge in [-0.25, -0.2) is 4.79 Å². The van der Waals surface area contributed by atoms with Crippen LogP contribution in [0.15, 0.2) is 41.1 Å². The van der Waals surface area contributed by atoms with Crippen LogP contribution in [0.3, 0.4) is 0 Å². The van der Waals surface area contributed by atoms with Gasteiger partial charge in [-0.1, -0.05) is 35.0 Å². The van der Waals surface area contributed by atoms with E-state index in [0.29, 0.717) is 17.3 Å². The number of carboxylic acid groups (broad SMARTS) is 1. The topological polar surface area (TPSA) is 68.3 Å². The quantitative estimate of drug-likeness (QED) is 0.798. The molecule has 0 aliphatic rings. The Labute approximate surface area is 113 Å². The summed E-state index contributed by atoms with van der Waals surface area (Å²) >= 11 is 6.14. The van der Waals surface area contributed by atoms with E-state index in [-0.39, 0.29) is 5.69 Å². The summed E-state index contributed by atoms with van der Waals surface area (Å²) in [5.41, 5.74) is 0.860. The third kappa shape index (κ3) is 2.08. The van der Waals surface area contributed by atoms with Crippen molar-refractivity contribution in [2.75, 3.05) is 0 Å². The second kappa shape index (κ2) is 4.44. The van der Waals surface area contributed by atoms with E-state index < -0.39 is 5.97 Å². The molecule has 0 aliphatic carbocycles. The third-order valence-corrected chi connectivity index (χ3v) is 3.15. The van der Waals surface area contributed by atoms with E-state index in [1.807, 2.05) is 28.8 Å². The number of hydrogen-bond acceptors (Lipinski definition) is 3. The fraction of sp³-hybridized carbons (Fsp3) is 0.0769. The monoisotopic (exact) mass is 276 g/mol. The zero-order chi connectivity index (χ0) is 13.4. The molecule has 0 amide bonds. The maximum atomic E-state index is 10.7. The molecule has 1 aromatic carbocycles. The van der Waals surface area contributed by atoms with Gasteiger partial charge in [-0.2, -0.15) is 0 Å². The first-order valence-corrected chi connectivity index (χ1v) is 5.95. The molecule has 0 spiro atoms. The molecule has 5 nitrogen and oxygen atoms in total. The number of para-hydroxylation sites is 1. The van der Waals surface area contributed by atoms with E-state index in [0.717, 1.165) is 10.9 Å². The van der Waals surface area contributed by atoms with Crippen LogP contribution in [0.25, 0.3) is 10.9 Å². The van der Waals surface area contributed by atoms with Crippen molar-refractivity contribution in [3.63, 3.8) is 0 Å². The number of aromatic carboxylic acids is 1. The Hall–Kier alpha value is -2.27. The second-order valence-corrected chi connectivity index (χ2v) is 4.51. The average Bonchev–Trinajstić information content (AvgIpc) is 2.97. The minimum absolute atomic E-state index is 0.0995. The maximum absolute atomic E-state index is 10.7. The normalized spacial score (nSPS) is 11.0. The molecule has 0 bridgehead atoms. The van der Waals surface area contributed by atoms with Gasteiger partial charge in [0.2, 0.25) is 0 Å². The number of carbonyl (C=O) groups is 1. The van der Waals surface area contributed by atoms with Crippen molar-refractivity contribution in [2.24, 2.45) is 0 Å². The van der Waals surface area contributed by atoms with Crippen LogP contribution in [-0.2, 0) is 6.54 Å². The SMILES string of the molecule is O=C(O)c1cc(Cn2cc(Cl)c3ccccc32)on1. The molecule has 0 aliphatic heterocycles. The van der Waals surface area contributed by atoms with Crippen molar-refractivity contribution in [1.82, 2.24) is 9.72 Å². The lowest BCUT2D eigenvalue weighted by atomic mass is 10.2. The van der Waals surface area contributed by atoms with Gasteiger partial charge < -0.3 is 14.2 Å². The van der Waals surface area contributed by atoms with Gasteiger partial charge in [0.05, 0.1) is 11.6 Å². The lowest BCUT2D eigenvalue weighted by Crippen LogP contribution is -1.97. The Balaban J connectivity index is 1.98. The summed E-state index contributed by atoms with van der Waals surface area (Å²) in [7, 11) is 0. The molecule has 1 N–H and O–H groups in total. The van der Waals surface area contributed by atoms with Crippen molar-refractivity contribution in [2.45, 2.75) is 6.54 Å². The highest BCUT2D eigenvalue weighted by Crippen LogP contribution is 2.26. The number of aromatic nitrogens is 2. The maximum Gasteiger partial charge on any atom is 0.358 e. The molecule has 96 valence electrons. The first-order chi connectivity index (χ1) is 9.15. The molecule has 6 heteroatoms. The Bertz CT molecular complexity index is 760. The van der Waals surface area contributed by atoms with Crippen LogP contribution in [-0.4, -0.2) is 20.8 Å². The summed E-state index contributed by atoms with van der Waals surface area (Å²) in [6.45, 7) is 0.382. The highest BCUT2D eigenvalue weighted by Gasteiger charge is 2.12. The summed E-state index contributed by atoms with van der Waals surface area (Å²) in [5.74, 6) is -0.639. The molecule has 2 heterocycles. The minimum Gasteiger partial charge on any atom is -0.476 e. The molecule has 3 rings (SSSR count). The third-order valence-electron chi connectivity index (χ3n) is 2.84. The van der Waals surface area contributed by atoms with E-state index in [4.69, 9.17) is 21.2 Å². The molecule has 0 saturated carbocycles. The van der Waals surface area contributed by atoms with Crippen molar-refractivity contribution in [3.05, 3.63) is 53.0 Å². The summed E-state index contributed by atoms with van der Waals surface area (Å²) in [5, 5.41) is 13.9. The van der Waals surface area contributed by atoms with Crippen LogP contribution in [0.2, 0.25) is 5.02 Å². The minimum atomic E-state index is -1.11. The number of halogens is 1. The van der Waals surface area contributed by atoms with Gasteiger partial charge in [0.25, 0.3) is 0 Å². The molecule has 0 fully saturated rings. The summed E-state index contributed by atoms with van der Waals surface area (Å²) < 4.78 is 6.89. The summed E-state index contributed by atoms with van der Waals surface area (Å²) in [4.78, 5) is 10.7. The molecule has 3 aromatic rings. The van der Waals surface area contributed by atoms with Gasteiger partial charge in [-0.15, -0.1) is 0 Å². The molecule has 0 atom stereocenters. The lowest BCUT2D eigenvalue weighted by Gasteiger charge is -2.00. The number of fused-ring (bicyclic) bond motifs is 1. The number of hydrogen-bond donors (Lipinski definition) is 1. The highest BCUT2D eigenvalue weighted by atomic mass is 35.5. The Morgan fingerprint density at radius 1 is 1.42 bits per heavy atom. The molecular formula is C13H9ClN2O3. The summed E-state index contributed by atoms with van der Waals surface area (Å²) in [6.07, 6.45) is 1.79. The predicted octanol–water partition coefficient (Wildman–Crippen LogP) is 3.03. The molecule has 0 saturated heterocycles. The number of rotatable bonds is 3. The Kier molecular flexibility index (Phi) is 2.76. The van der Waals surface area contributed by atoms with Crippen LogP contribution in [0.1, 0.15) is 16.2 Å².